The summed E-state index contributed by atoms with van der Waals surface area (Å²) in [6.45, 7) is 0.374. The van der Waals surface area contributed by atoms with Gasteiger partial charge in [0.15, 0.2) is 11.6 Å². The molecule has 2 atom stereocenters. The lowest BCUT2D eigenvalue weighted by Crippen LogP contribution is -2.52. The zero-order valence-corrected chi connectivity index (χ0v) is 14.4. The summed E-state index contributed by atoms with van der Waals surface area (Å²) < 4.78 is 26.6. The fourth-order valence-corrected chi connectivity index (χ4v) is 3.93. The molecule has 2 aliphatic rings. The minimum absolute atomic E-state index is 0.126. The number of carbonyl (C=O) groups is 2. The van der Waals surface area contributed by atoms with E-state index in [1.54, 1.807) is 29.2 Å². The number of rotatable bonds is 3. The quantitative estimate of drug-likeness (QED) is 0.825. The second kappa shape index (κ2) is 6.36. The topological polar surface area (TPSA) is 40.6 Å². The van der Waals surface area contributed by atoms with E-state index in [1.165, 1.54) is 11.0 Å². The van der Waals surface area contributed by atoms with E-state index in [0.29, 0.717) is 29.2 Å². The molecular formula is C19H15ClF2N2O2. The van der Waals surface area contributed by atoms with Crippen molar-refractivity contribution in [2.24, 2.45) is 0 Å². The monoisotopic (exact) mass is 376 g/mol. The van der Waals surface area contributed by atoms with Crippen molar-refractivity contribution in [1.82, 2.24) is 4.90 Å². The smallest absolute Gasteiger partial charge is 0.250 e. The van der Waals surface area contributed by atoms with Crippen molar-refractivity contribution in [2.45, 2.75) is 24.9 Å². The van der Waals surface area contributed by atoms with Crippen LogP contribution in [0.3, 0.4) is 0 Å². The number of fused-ring (bicyclic) bond motifs is 2. The number of anilines is 1. The molecule has 26 heavy (non-hydrogen) atoms. The molecule has 2 aromatic carbocycles. The third-order valence-electron chi connectivity index (χ3n) is 4.97. The number of halogens is 3. The van der Waals surface area contributed by atoms with Gasteiger partial charge >= 0.3 is 0 Å². The largest absolute Gasteiger partial charge is 0.328 e. The molecule has 2 saturated heterocycles. The first-order chi connectivity index (χ1) is 12.5. The normalized spacial score (nSPS) is 21.6. The van der Waals surface area contributed by atoms with Crippen LogP contribution in [0.4, 0.5) is 14.5 Å². The van der Waals surface area contributed by atoms with Gasteiger partial charge in [-0.15, -0.1) is 0 Å². The highest BCUT2D eigenvalue weighted by molar-refractivity contribution is 6.31. The SMILES string of the molecule is O=C(Cc1ccccc1Cl)N1C[C@@H]2C[C@H]1C(=O)N2c1ccc(F)c(F)c1. The fraction of sp³-hybridized carbons (Fsp3) is 0.263. The number of benzene rings is 2. The van der Waals surface area contributed by atoms with Gasteiger partial charge in [0.25, 0.3) is 0 Å². The molecule has 2 bridgehead atoms. The average molecular weight is 377 g/mol. The van der Waals surface area contributed by atoms with Gasteiger partial charge in [0.05, 0.1) is 12.5 Å². The molecule has 7 heteroatoms. The average Bonchev–Trinajstić information content (AvgIpc) is 3.18. The Morgan fingerprint density at radius 1 is 1.15 bits per heavy atom. The Morgan fingerprint density at radius 3 is 2.62 bits per heavy atom. The molecule has 4 rings (SSSR count). The van der Waals surface area contributed by atoms with Crippen molar-refractivity contribution < 1.29 is 18.4 Å². The standard InChI is InChI=1S/C19H15ClF2N2O2/c20-14-4-2-1-3-11(14)7-18(25)23-10-13-9-17(23)19(26)24(13)12-5-6-15(21)16(22)8-12/h1-6,8,13,17H,7,9-10H2/t13-,17-/m0/s1. The molecule has 0 N–H and O–H groups in total. The van der Waals surface area contributed by atoms with Gasteiger partial charge in [0, 0.05) is 23.3 Å². The molecule has 4 nitrogen and oxygen atoms in total. The zero-order valence-electron chi connectivity index (χ0n) is 13.7. The maximum atomic E-state index is 13.5. The Balaban J connectivity index is 1.51. The summed E-state index contributed by atoms with van der Waals surface area (Å²) in [6.07, 6.45) is 0.618. The number of carbonyl (C=O) groups excluding carboxylic acids is 2. The van der Waals surface area contributed by atoms with Crippen LogP contribution in [0, 0.1) is 11.6 Å². The minimum atomic E-state index is -0.996. The summed E-state index contributed by atoms with van der Waals surface area (Å²) >= 11 is 6.10. The molecular weight excluding hydrogens is 362 g/mol. The Hall–Kier alpha value is -2.47. The highest BCUT2D eigenvalue weighted by Gasteiger charge is 2.51. The van der Waals surface area contributed by atoms with E-state index in [1.807, 2.05) is 0 Å². The van der Waals surface area contributed by atoms with Gasteiger partial charge in [-0.05, 0) is 30.2 Å². The summed E-state index contributed by atoms with van der Waals surface area (Å²) in [5, 5.41) is 0.514. The molecule has 0 unspecified atom stereocenters. The molecule has 2 amide bonds. The van der Waals surface area contributed by atoms with E-state index in [-0.39, 0.29) is 24.3 Å². The van der Waals surface area contributed by atoms with Crippen LogP contribution in [0.2, 0.25) is 5.02 Å². The van der Waals surface area contributed by atoms with Crippen molar-refractivity contribution in [1.29, 1.82) is 0 Å². The molecule has 0 spiro atoms. The Morgan fingerprint density at radius 2 is 1.92 bits per heavy atom. The first-order valence-electron chi connectivity index (χ1n) is 8.26. The maximum absolute atomic E-state index is 13.5. The number of piperazine rings is 1. The Kier molecular flexibility index (Phi) is 4.15. The predicted octanol–water partition coefficient (Wildman–Crippen LogP) is 3.18. The molecule has 2 aromatic rings. The van der Waals surface area contributed by atoms with Crippen LogP contribution in [0.15, 0.2) is 42.5 Å². The minimum Gasteiger partial charge on any atom is -0.328 e. The summed E-state index contributed by atoms with van der Waals surface area (Å²) in [5.74, 6) is -2.38. The van der Waals surface area contributed by atoms with Gasteiger partial charge in [0.1, 0.15) is 6.04 Å². The van der Waals surface area contributed by atoms with Crippen LogP contribution >= 0.6 is 11.6 Å². The van der Waals surface area contributed by atoms with Gasteiger partial charge in [-0.3, -0.25) is 9.59 Å². The van der Waals surface area contributed by atoms with Crippen molar-refractivity contribution >= 4 is 29.1 Å². The molecule has 2 aliphatic heterocycles. The van der Waals surface area contributed by atoms with Crippen molar-refractivity contribution in [3.63, 3.8) is 0 Å². The zero-order chi connectivity index (χ0) is 18.4. The van der Waals surface area contributed by atoms with Crippen LogP contribution in [0.1, 0.15) is 12.0 Å². The van der Waals surface area contributed by atoms with E-state index in [2.05, 4.69) is 0 Å². The van der Waals surface area contributed by atoms with Crippen LogP contribution in [-0.2, 0) is 16.0 Å². The van der Waals surface area contributed by atoms with Gasteiger partial charge in [-0.2, -0.15) is 0 Å². The molecule has 2 fully saturated rings. The second-order valence-corrected chi connectivity index (χ2v) is 6.93. The summed E-state index contributed by atoms with van der Waals surface area (Å²) in [7, 11) is 0. The third kappa shape index (κ3) is 2.74. The lowest BCUT2D eigenvalue weighted by molar-refractivity contribution is -0.137. The van der Waals surface area contributed by atoms with Crippen LogP contribution in [0.25, 0.3) is 0 Å². The van der Waals surface area contributed by atoms with Gasteiger partial charge in [-0.25, -0.2) is 8.78 Å². The van der Waals surface area contributed by atoms with Gasteiger partial charge < -0.3 is 9.80 Å². The van der Waals surface area contributed by atoms with Crippen molar-refractivity contribution in [2.75, 3.05) is 11.4 Å². The van der Waals surface area contributed by atoms with Crippen LogP contribution in [-0.4, -0.2) is 35.3 Å². The number of amides is 2. The van der Waals surface area contributed by atoms with E-state index >= 15 is 0 Å². The number of hydrogen-bond acceptors (Lipinski definition) is 2. The predicted molar refractivity (Wildman–Crippen MR) is 92.9 cm³/mol. The maximum Gasteiger partial charge on any atom is 0.250 e. The van der Waals surface area contributed by atoms with E-state index in [0.717, 1.165) is 12.1 Å². The Bertz CT molecular complexity index is 905. The molecule has 0 aliphatic carbocycles. The molecule has 2 heterocycles. The van der Waals surface area contributed by atoms with Crippen LogP contribution < -0.4 is 4.90 Å². The lowest BCUT2D eigenvalue weighted by Gasteiger charge is -2.34. The molecule has 0 saturated carbocycles. The Labute approximate surface area is 154 Å². The first-order valence-corrected chi connectivity index (χ1v) is 8.64. The number of likely N-dealkylation sites (tertiary alicyclic amines) is 1. The molecule has 0 aromatic heterocycles. The highest BCUT2D eigenvalue weighted by atomic mass is 35.5. The van der Waals surface area contributed by atoms with Gasteiger partial charge in [-0.1, -0.05) is 29.8 Å². The summed E-state index contributed by atoms with van der Waals surface area (Å²) in [4.78, 5) is 28.3. The van der Waals surface area contributed by atoms with Crippen molar-refractivity contribution in [3.8, 4) is 0 Å². The highest BCUT2D eigenvalue weighted by Crippen LogP contribution is 2.36. The first kappa shape index (κ1) is 17.0. The number of nitrogens with zero attached hydrogens (tertiary/aromatic N) is 2. The van der Waals surface area contributed by atoms with Crippen molar-refractivity contribution in [3.05, 3.63) is 64.7 Å². The molecule has 0 radical (unpaired) electrons. The van der Waals surface area contributed by atoms with Crippen LogP contribution in [0.5, 0.6) is 0 Å². The fourth-order valence-electron chi connectivity index (χ4n) is 3.73. The second-order valence-electron chi connectivity index (χ2n) is 6.53. The van der Waals surface area contributed by atoms with E-state index in [9.17, 15) is 18.4 Å². The molecule has 134 valence electrons. The van der Waals surface area contributed by atoms with E-state index in [4.69, 9.17) is 11.6 Å². The number of hydrogen-bond donors (Lipinski definition) is 0. The van der Waals surface area contributed by atoms with Gasteiger partial charge in [0.2, 0.25) is 11.8 Å². The summed E-state index contributed by atoms with van der Waals surface area (Å²) in [5.41, 5.74) is 1.03. The van der Waals surface area contributed by atoms with E-state index < -0.39 is 17.7 Å². The summed E-state index contributed by atoms with van der Waals surface area (Å²) in [6, 6.07) is 9.70. The lowest BCUT2D eigenvalue weighted by atomic mass is 10.1. The third-order valence-corrected chi connectivity index (χ3v) is 5.34.